The van der Waals surface area contributed by atoms with E-state index in [4.69, 9.17) is 26.9 Å². The Labute approximate surface area is 183 Å². The van der Waals surface area contributed by atoms with Crippen LogP contribution in [-0.4, -0.2) is 60.7 Å². The molecule has 4 heterocycles. The summed E-state index contributed by atoms with van der Waals surface area (Å²) < 4.78 is 7.61. The maximum atomic E-state index is 12.2. The largest absolute Gasteiger partial charge is 0.489 e. The van der Waals surface area contributed by atoms with E-state index in [-0.39, 0.29) is 11.0 Å². The van der Waals surface area contributed by atoms with Crippen molar-refractivity contribution in [2.24, 2.45) is 13.0 Å². The minimum absolute atomic E-state index is 0.00259. The molecule has 2 N–H and O–H groups in total. The first-order chi connectivity index (χ1) is 15.0. The summed E-state index contributed by atoms with van der Waals surface area (Å²) in [5.74, 6) is 0.589. The normalized spacial score (nSPS) is 15.0. The van der Waals surface area contributed by atoms with E-state index in [1.165, 1.54) is 12.3 Å². The predicted molar refractivity (Wildman–Crippen MR) is 111 cm³/mol. The predicted octanol–water partition coefficient (Wildman–Crippen LogP) is 1.77. The van der Waals surface area contributed by atoms with E-state index in [0.717, 1.165) is 24.1 Å². The van der Waals surface area contributed by atoms with Gasteiger partial charge in [0, 0.05) is 38.1 Å². The molecular formula is C19H21ClN8O3. The monoisotopic (exact) mass is 444 g/mol. The second kappa shape index (κ2) is 9.23. The Balaban J connectivity index is 1.29. The summed E-state index contributed by atoms with van der Waals surface area (Å²) >= 11 is 5.72. The number of hydrogen-bond donors (Lipinski definition) is 1. The molecule has 0 atom stereocenters. The number of piperidine rings is 1. The molecule has 0 aromatic carbocycles. The first-order valence-electron chi connectivity index (χ1n) is 9.69. The fourth-order valence-electron chi connectivity index (χ4n) is 3.25. The maximum absolute atomic E-state index is 12.2. The number of nitrogens with two attached hydrogens (primary N) is 1. The number of nitrogens with zero attached hydrogens (tertiary/aromatic N) is 7. The summed E-state index contributed by atoms with van der Waals surface area (Å²) in [6.07, 6.45) is 6.34. The number of halogens is 1. The molecule has 162 valence electrons. The summed E-state index contributed by atoms with van der Waals surface area (Å²) in [5.41, 5.74) is 7.74. The SMILES string of the molecule is Cn1nncc1-c1cnc(N)c(OCC2CCN(OC(=O)c3ccnc(Cl)n3)CC2)c1. The van der Waals surface area contributed by atoms with Crippen LogP contribution in [0.3, 0.4) is 0 Å². The number of nitrogen functional groups attached to an aromatic ring is 1. The summed E-state index contributed by atoms with van der Waals surface area (Å²) in [6.45, 7) is 1.67. The number of aryl methyl sites for hydroxylation is 1. The van der Waals surface area contributed by atoms with Gasteiger partial charge in [0.15, 0.2) is 17.3 Å². The standard InChI is InChI=1S/C19H21ClN8O3/c1-27-15(10-24-26-27)13-8-16(17(21)23-9-13)30-11-12-3-6-28(7-4-12)31-18(29)14-2-5-22-19(20)25-14/h2,5,8-10,12H,3-4,6-7,11H2,1H3,(H2,21,23). The molecule has 0 aliphatic carbocycles. The third-order valence-corrected chi connectivity index (χ3v) is 5.17. The van der Waals surface area contributed by atoms with E-state index in [0.29, 0.717) is 37.2 Å². The Morgan fingerprint density at radius 1 is 1.29 bits per heavy atom. The van der Waals surface area contributed by atoms with Gasteiger partial charge in [-0.25, -0.2) is 24.4 Å². The van der Waals surface area contributed by atoms with Gasteiger partial charge in [0.1, 0.15) is 0 Å². The summed E-state index contributed by atoms with van der Waals surface area (Å²) in [4.78, 5) is 29.4. The van der Waals surface area contributed by atoms with E-state index in [1.807, 2.05) is 6.07 Å². The molecule has 3 aromatic rings. The number of ether oxygens (including phenoxy) is 1. The molecule has 31 heavy (non-hydrogen) atoms. The van der Waals surface area contributed by atoms with Gasteiger partial charge in [0.2, 0.25) is 5.28 Å². The second-order valence-corrected chi connectivity index (χ2v) is 7.46. The second-order valence-electron chi connectivity index (χ2n) is 7.12. The lowest BCUT2D eigenvalue weighted by Crippen LogP contribution is -2.37. The lowest BCUT2D eigenvalue weighted by Gasteiger charge is -2.30. The number of rotatable bonds is 6. The number of carbonyl (C=O) groups is 1. The van der Waals surface area contributed by atoms with E-state index in [2.05, 4.69) is 25.3 Å². The van der Waals surface area contributed by atoms with Crippen LogP contribution < -0.4 is 10.5 Å². The average molecular weight is 445 g/mol. The Hall–Kier alpha value is -3.31. The van der Waals surface area contributed by atoms with Crippen LogP contribution in [0.5, 0.6) is 5.75 Å². The molecule has 1 fully saturated rings. The van der Waals surface area contributed by atoms with Gasteiger partial charge in [-0.3, -0.25) is 0 Å². The van der Waals surface area contributed by atoms with Crippen molar-refractivity contribution in [2.45, 2.75) is 12.8 Å². The Kier molecular flexibility index (Phi) is 6.23. The van der Waals surface area contributed by atoms with Crippen LogP contribution in [0.15, 0.2) is 30.7 Å². The number of anilines is 1. The van der Waals surface area contributed by atoms with Crippen molar-refractivity contribution in [3.63, 3.8) is 0 Å². The van der Waals surface area contributed by atoms with Crippen LogP contribution in [-0.2, 0) is 11.9 Å². The highest BCUT2D eigenvalue weighted by Gasteiger charge is 2.24. The molecule has 0 saturated carbocycles. The van der Waals surface area contributed by atoms with Crippen molar-refractivity contribution in [3.8, 4) is 17.0 Å². The highest BCUT2D eigenvalue weighted by Crippen LogP contribution is 2.28. The minimum atomic E-state index is -0.556. The fourth-order valence-corrected chi connectivity index (χ4v) is 3.40. The van der Waals surface area contributed by atoms with Crippen molar-refractivity contribution in [2.75, 3.05) is 25.4 Å². The number of carbonyl (C=O) groups excluding carboxylic acids is 1. The van der Waals surface area contributed by atoms with Crippen molar-refractivity contribution >= 4 is 23.4 Å². The van der Waals surface area contributed by atoms with E-state index < -0.39 is 5.97 Å². The highest BCUT2D eigenvalue weighted by molar-refractivity contribution is 6.28. The van der Waals surface area contributed by atoms with Crippen LogP contribution in [0.2, 0.25) is 5.28 Å². The molecule has 1 aliphatic heterocycles. The van der Waals surface area contributed by atoms with Crippen LogP contribution in [0.1, 0.15) is 23.3 Å². The van der Waals surface area contributed by atoms with Crippen LogP contribution in [0.4, 0.5) is 5.82 Å². The zero-order valence-electron chi connectivity index (χ0n) is 16.8. The maximum Gasteiger partial charge on any atom is 0.375 e. The van der Waals surface area contributed by atoms with E-state index in [9.17, 15) is 4.79 Å². The van der Waals surface area contributed by atoms with Crippen LogP contribution in [0, 0.1) is 5.92 Å². The van der Waals surface area contributed by atoms with Crippen molar-refractivity contribution < 1.29 is 14.4 Å². The van der Waals surface area contributed by atoms with Gasteiger partial charge in [-0.1, -0.05) is 5.21 Å². The Morgan fingerprint density at radius 3 is 2.81 bits per heavy atom. The minimum Gasteiger partial charge on any atom is -0.489 e. The summed E-state index contributed by atoms with van der Waals surface area (Å²) in [6, 6.07) is 3.30. The Bertz CT molecular complexity index is 1070. The molecule has 11 nitrogen and oxygen atoms in total. The van der Waals surface area contributed by atoms with Crippen molar-refractivity contribution in [1.82, 2.24) is 35.0 Å². The Morgan fingerprint density at radius 2 is 2.10 bits per heavy atom. The molecule has 1 saturated heterocycles. The van der Waals surface area contributed by atoms with Crippen LogP contribution in [0.25, 0.3) is 11.3 Å². The lowest BCUT2D eigenvalue weighted by molar-refractivity contribution is -0.128. The number of hydrogen-bond acceptors (Lipinski definition) is 10. The molecule has 0 unspecified atom stereocenters. The number of pyridine rings is 1. The molecule has 1 aliphatic rings. The van der Waals surface area contributed by atoms with Crippen molar-refractivity contribution in [1.29, 1.82) is 0 Å². The lowest BCUT2D eigenvalue weighted by atomic mass is 9.99. The number of hydroxylamine groups is 2. The summed E-state index contributed by atoms with van der Waals surface area (Å²) in [7, 11) is 1.80. The summed E-state index contributed by atoms with van der Waals surface area (Å²) in [5, 5.41) is 9.44. The van der Waals surface area contributed by atoms with Gasteiger partial charge in [-0.2, -0.15) is 0 Å². The van der Waals surface area contributed by atoms with E-state index >= 15 is 0 Å². The van der Waals surface area contributed by atoms with E-state index in [1.54, 1.807) is 29.2 Å². The third-order valence-electron chi connectivity index (χ3n) is 4.99. The van der Waals surface area contributed by atoms with Gasteiger partial charge < -0.3 is 15.3 Å². The fraction of sp³-hybridized carbons (Fsp3) is 0.368. The topological polar surface area (TPSA) is 134 Å². The molecule has 12 heteroatoms. The molecular weight excluding hydrogens is 424 g/mol. The smallest absolute Gasteiger partial charge is 0.375 e. The van der Waals surface area contributed by atoms with Gasteiger partial charge in [0.05, 0.1) is 18.5 Å². The molecule has 0 bridgehead atoms. The van der Waals surface area contributed by atoms with Crippen LogP contribution >= 0.6 is 11.6 Å². The average Bonchev–Trinajstić information content (AvgIpc) is 3.20. The first-order valence-corrected chi connectivity index (χ1v) is 10.1. The quantitative estimate of drug-likeness (QED) is 0.560. The van der Waals surface area contributed by atoms with Gasteiger partial charge in [-0.15, -0.1) is 10.2 Å². The van der Waals surface area contributed by atoms with Gasteiger partial charge >= 0.3 is 5.97 Å². The molecule has 0 spiro atoms. The molecule has 0 amide bonds. The molecule has 3 aromatic heterocycles. The zero-order chi connectivity index (χ0) is 21.8. The number of aromatic nitrogens is 6. The third kappa shape index (κ3) is 5.06. The zero-order valence-corrected chi connectivity index (χ0v) is 17.6. The first kappa shape index (κ1) is 20.9. The highest BCUT2D eigenvalue weighted by atomic mass is 35.5. The van der Waals surface area contributed by atoms with Gasteiger partial charge in [0.25, 0.3) is 0 Å². The molecule has 0 radical (unpaired) electrons. The molecule has 4 rings (SSSR count). The van der Waals surface area contributed by atoms with Crippen molar-refractivity contribution in [3.05, 3.63) is 41.7 Å². The van der Waals surface area contributed by atoms with Gasteiger partial charge in [-0.05, 0) is 42.5 Å².